The SMILES string of the molecule is Cc1cc(/C=C2\SC(=O)N(Cc3ccc(F)cc3)C2=O)c(C)n1-c1ccccc1C(=O)O. The van der Waals surface area contributed by atoms with Gasteiger partial charge in [-0.3, -0.25) is 14.5 Å². The quantitative estimate of drug-likeness (QED) is 0.543. The summed E-state index contributed by atoms with van der Waals surface area (Å²) in [6.45, 7) is 3.75. The van der Waals surface area contributed by atoms with E-state index in [0.29, 0.717) is 11.3 Å². The van der Waals surface area contributed by atoms with Crippen molar-refractivity contribution in [3.63, 3.8) is 0 Å². The molecule has 1 N–H and O–H groups in total. The number of halogens is 1. The third kappa shape index (κ3) is 3.97. The van der Waals surface area contributed by atoms with Gasteiger partial charge >= 0.3 is 5.97 Å². The Morgan fingerprint density at radius 2 is 1.78 bits per heavy atom. The first kappa shape index (κ1) is 21.6. The molecular weight excluding hydrogens is 431 g/mol. The van der Waals surface area contributed by atoms with Gasteiger partial charge in [-0.05, 0) is 73.1 Å². The fourth-order valence-electron chi connectivity index (χ4n) is 3.70. The maximum absolute atomic E-state index is 13.1. The molecule has 1 aliphatic rings. The lowest BCUT2D eigenvalue weighted by Crippen LogP contribution is -2.27. The molecule has 4 rings (SSSR count). The van der Waals surface area contributed by atoms with E-state index in [9.17, 15) is 23.9 Å². The fraction of sp³-hybridized carbons (Fsp3) is 0.125. The summed E-state index contributed by atoms with van der Waals surface area (Å²) in [6.07, 6.45) is 1.65. The molecule has 1 saturated heterocycles. The van der Waals surface area contributed by atoms with Crippen molar-refractivity contribution in [1.82, 2.24) is 9.47 Å². The number of carbonyl (C=O) groups is 3. The van der Waals surface area contributed by atoms with Crippen LogP contribution in [0.15, 0.2) is 59.5 Å². The summed E-state index contributed by atoms with van der Waals surface area (Å²) < 4.78 is 14.9. The normalized spacial score (nSPS) is 15.1. The summed E-state index contributed by atoms with van der Waals surface area (Å²) in [5, 5.41) is 9.14. The van der Waals surface area contributed by atoms with Crippen LogP contribution >= 0.6 is 11.8 Å². The molecule has 0 saturated carbocycles. The van der Waals surface area contributed by atoms with Gasteiger partial charge < -0.3 is 9.67 Å². The molecule has 0 radical (unpaired) electrons. The molecule has 2 amide bonds. The molecule has 0 atom stereocenters. The highest BCUT2D eigenvalue weighted by Crippen LogP contribution is 2.35. The smallest absolute Gasteiger partial charge is 0.337 e. The predicted molar refractivity (Wildman–Crippen MR) is 120 cm³/mol. The number of benzene rings is 2. The summed E-state index contributed by atoms with van der Waals surface area (Å²) in [6, 6.07) is 14.2. The Morgan fingerprint density at radius 3 is 2.47 bits per heavy atom. The van der Waals surface area contributed by atoms with Crippen LogP contribution in [0.25, 0.3) is 11.8 Å². The van der Waals surface area contributed by atoms with Crippen molar-refractivity contribution in [2.45, 2.75) is 20.4 Å². The van der Waals surface area contributed by atoms with Gasteiger partial charge in [-0.25, -0.2) is 9.18 Å². The van der Waals surface area contributed by atoms with Crippen LogP contribution in [0, 0.1) is 19.7 Å². The maximum Gasteiger partial charge on any atom is 0.337 e. The minimum Gasteiger partial charge on any atom is -0.478 e. The second-order valence-electron chi connectivity index (χ2n) is 7.38. The van der Waals surface area contributed by atoms with E-state index in [0.717, 1.165) is 33.6 Å². The molecular formula is C24H19FN2O4S. The summed E-state index contributed by atoms with van der Waals surface area (Å²) in [4.78, 5) is 38.4. The number of aromatic nitrogens is 1. The highest BCUT2D eigenvalue weighted by atomic mass is 32.2. The average Bonchev–Trinajstić information content (AvgIpc) is 3.18. The molecule has 6 nitrogen and oxygen atoms in total. The van der Waals surface area contributed by atoms with E-state index in [1.165, 1.54) is 30.3 Å². The molecule has 2 aromatic carbocycles. The van der Waals surface area contributed by atoms with E-state index in [1.54, 1.807) is 24.3 Å². The van der Waals surface area contributed by atoms with Crippen LogP contribution in [-0.2, 0) is 11.3 Å². The van der Waals surface area contributed by atoms with Crippen LogP contribution in [0.3, 0.4) is 0 Å². The number of para-hydroxylation sites is 1. The van der Waals surface area contributed by atoms with Gasteiger partial charge in [0.15, 0.2) is 0 Å². The average molecular weight is 450 g/mol. The molecule has 0 spiro atoms. The first-order chi connectivity index (χ1) is 15.3. The molecule has 32 heavy (non-hydrogen) atoms. The van der Waals surface area contributed by atoms with E-state index >= 15 is 0 Å². The molecule has 1 aromatic heterocycles. The lowest BCUT2D eigenvalue weighted by Gasteiger charge is -2.13. The van der Waals surface area contributed by atoms with E-state index in [-0.39, 0.29) is 22.8 Å². The predicted octanol–water partition coefficient (Wildman–Crippen LogP) is 5.17. The molecule has 0 unspecified atom stereocenters. The van der Waals surface area contributed by atoms with Crippen molar-refractivity contribution in [3.8, 4) is 5.69 Å². The number of aromatic carboxylic acids is 1. The number of carbonyl (C=O) groups excluding carboxylic acids is 2. The van der Waals surface area contributed by atoms with Crippen molar-refractivity contribution >= 4 is 35.0 Å². The highest BCUT2D eigenvalue weighted by molar-refractivity contribution is 8.18. The molecule has 1 fully saturated rings. The Labute approximate surface area is 188 Å². The van der Waals surface area contributed by atoms with E-state index in [1.807, 2.05) is 24.5 Å². The minimum absolute atomic E-state index is 0.0628. The molecule has 8 heteroatoms. The third-order valence-electron chi connectivity index (χ3n) is 5.26. The van der Waals surface area contributed by atoms with Crippen LogP contribution in [-0.4, -0.2) is 31.7 Å². The maximum atomic E-state index is 13.1. The van der Waals surface area contributed by atoms with E-state index in [4.69, 9.17) is 0 Å². The topological polar surface area (TPSA) is 79.6 Å². The van der Waals surface area contributed by atoms with Gasteiger partial charge in [0.1, 0.15) is 5.82 Å². The number of thioether (sulfide) groups is 1. The van der Waals surface area contributed by atoms with Gasteiger partial charge in [-0.2, -0.15) is 0 Å². The van der Waals surface area contributed by atoms with Crippen LogP contribution in [0.5, 0.6) is 0 Å². The van der Waals surface area contributed by atoms with Crippen LogP contribution in [0.2, 0.25) is 0 Å². The first-order valence-corrected chi connectivity index (χ1v) is 10.6. The van der Waals surface area contributed by atoms with Gasteiger partial charge in [0.05, 0.1) is 22.7 Å². The Hall–Kier alpha value is -3.65. The molecule has 3 aromatic rings. The second kappa shape index (κ2) is 8.47. The second-order valence-corrected chi connectivity index (χ2v) is 8.37. The number of aryl methyl sites for hydroxylation is 1. The zero-order valence-electron chi connectivity index (χ0n) is 17.3. The third-order valence-corrected chi connectivity index (χ3v) is 6.17. The number of rotatable bonds is 5. The first-order valence-electron chi connectivity index (χ1n) is 9.77. The number of amides is 2. The molecule has 0 bridgehead atoms. The van der Waals surface area contributed by atoms with Crippen molar-refractivity contribution in [3.05, 3.63) is 93.4 Å². The molecule has 162 valence electrons. The number of hydrogen-bond acceptors (Lipinski definition) is 4. The monoisotopic (exact) mass is 450 g/mol. The number of carboxylic acids is 1. The van der Waals surface area contributed by atoms with Crippen molar-refractivity contribution in [2.24, 2.45) is 0 Å². The zero-order valence-corrected chi connectivity index (χ0v) is 18.1. The van der Waals surface area contributed by atoms with E-state index in [2.05, 4.69) is 0 Å². The summed E-state index contributed by atoms with van der Waals surface area (Å²) in [5.74, 6) is -1.83. The molecule has 1 aliphatic heterocycles. The van der Waals surface area contributed by atoms with Gasteiger partial charge in [0.2, 0.25) is 0 Å². The standard InChI is InChI=1S/C24H19FN2O4S/c1-14-11-17(15(2)27(14)20-6-4-3-5-19(20)23(29)30)12-21-22(28)26(24(31)32-21)13-16-7-9-18(25)10-8-16/h3-12H,13H2,1-2H3,(H,29,30)/b21-12-. The Kier molecular flexibility index (Phi) is 5.71. The highest BCUT2D eigenvalue weighted by Gasteiger charge is 2.35. The summed E-state index contributed by atoms with van der Waals surface area (Å²) >= 11 is 0.848. The van der Waals surface area contributed by atoms with Crippen molar-refractivity contribution in [1.29, 1.82) is 0 Å². The van der Waals surface area contributed by atoms with Gasteiger partial charge in [-0.1, -0.05) is 24.3 Å². The minimum atomic E-state index is -1.03. The zero-order chi connectivity index (χ0) is 23.0. The number of carboxylic acid groups (broad SMARTS) is 1. The lowest BCUT2D eigenvalue weighted by molar-refractivity contribution is -0.123. The number of hydrogen-bond donors (Lipinski definition) is 1. The van der Waals surface area contributed by atoms with Crippen molar-refractivity contribution < 1.29 is 23.9 Å². The van der Waals surface area contributed by atoms with Crippen LogP contribution in [0.4, 0.5) is 9.18 Å². The number of imide groups is 1. The van der Waals surface area contributed by atoms with Crippen molar-refractivity contribution in [2.75, 3.05) is 0 Å². The van der Waals surface area contributed by atoms with Crippen LogP contribution < -0.4 is 0 Å². The van der Waals surface area contributed by atoms with E-state index < -0.39 is 17.1 Å². The van der Waals surface area contributed by atoms with Gasteiger partial charge in [0.25, 0.3) is 11.1 Å². The van der Waals surface area contributed by atoms with Gasteiger partial charge in [0, 0.05) is 11.4 Å². The fourth-order valence-corrected chi connectivity index (χ4v) is 4.53. The Bertz CT molecular complexity index is 1280. The summed E-state index contributed by atoms with van der Waals surface area (Å²) in [5.41, 5.74) is 3.61. The van der Waals surface area contributed by atoms with Gasteiger partial charge in [-0.15, -0.1) is 0 Å². The Morgan fingerprint density at radius 1 is 1.09 bits per heavy atom. The van der Waals surface area contributed by atoms with Crippen LogP contribution in [0.1, 0.15) is 32.9 Å². The largest absolute Gasteiger partial charge is 0.478 e. The molecule has 2 heterocycles. The Balaban J connectivity index is 1.66. The molecule has 0 aliphatic carbocycles. The lowest BCUT2D eigenvalue weighted by atomic mass is 10.1. The summed E-state index contributed by atoms with van der Waals surface area (Å²) in [7, 11) is 0. The number of nitrogens with zero attached hydrogens (tertiary/aromatic N) is 2.